The monoisotopic (exact) mass is 358 g/mol. The lowest BCUT2D eigenvalue weighted by atomic mass is 10.1. The predicted octanol–water partition coefficient (Wildman–Crippen LogP) is 5.47. The van der Waals surface area contributed by atoms with E-state index in [2.05, 4.69) is 74.5 Å². The van der Waals surface area contributed by atoms with Crippen LogP contribution in [0.2, 0.25) is 0 Å². The average Bonchev–Trinajstić information content (AvgIpc) is 2.79. The van der Waals surface area contributed by atoms with E-state index in [-0.39, 0.29) is 12.4 Å². The van der Waals surface area contributed by atoms with Crippen LogP contribution in [0.4, 0.5) is 0 Å². The van der Waals surface area contributed by atoms with Gasteiger partial charge < -0.3 is 9.30 Å². The summed E-state index contributed by atoms with van der Waals surface area (Å²) in [6.45, 7) is 12.3. The molecule has 0 N–H and O–H groups in total. The van der Waals surface area contributed by atoms with Crippen LogP contribution in [-0.2, 0) is 6.54 Å². The maximum Gasteiger partial charge on any atom is 0.238 e. The molecule has 0 saturated heterocycles. The van der Waals surface area contributed by atoms with Gasteiger partial charge in [0.1, 0.15) is 5.52 Å². The van der Waals surface area contributed by atoms with Gasteiger partial charge in [-0.25, -0.2) is 4.98 Å². The van der Waals surface area contributed by atoms with E-state index in [1.165, 1.54) is 27.8 Å². The van der Waals surface area contributed by atoms with Crippen LogP contribution in [0, 0.1) is 26.7 Å². The highest BCUT2D eigenvalue weighted by molar-refractivity contribution is 5.89. The van der Waals surface area contributed by atoms with E-state index in [4.69, 9.17) is 4.74 Å². The maximum atomic E-state index is 6.02. The summed E-state index contributed by atoms with van der Waals surface area (Å²) in [7, 11) is 0. The molecule has 0 fully saturated rings. The van der Waals surface area contributed by atoms with Crippen molar-refractivity contribution in [3.8, 4) is 5.88 Å². The van der Waals surface area contributed by atoms with E-state index in [1.807, 2.05) is 6.20 Å². The molecular formula is C21H27ClN2O. The first-order chi connectivity index (χ1) is 11.5. The molecule has 0 unspecified atom stereocenters. The molecule has 0 atom stereocenters. The highest BCUT2D eigenvalue weighted by atomic mass is 35.5. The Hall–Kier alpha value is -2.00. The smallest absolute Gasteiger partial charge is 0.238 e. The van der Waals surface area contributed by atoms with Crippen molar-refractivity contribution >= 4 is 23.3 Å². The molecule has 0 saturated carbocycles. The van der Waals surface area contributed by atoms with Gasteiger partial charge in [0.15, 0.2) is 0 Å². The van der Waals surface area contributed by atoms with Crippen LogP contribution >= 0.6 is 12.4 Å². The fourth-order valence-corrected chi connectivity index (χ4v) is 3.11. The van der Waals surface area contributed by atoms with Gasteiger partial charge in [0.25, 0.3) is 0 Å². The highest BCUT2D eigenvalue weighted by Crippen LogP contribution is 2.31. The van der Waals surface area contributed by atoms with Crippen molar-refractivity contribution in [3.63, 3.8) is 0 Å². The molecule has 1 aromatic carbocycles. The van der Waals surface area contributed by atoms with Crippen molar-refractivity contribution in [3.05, 3.63) is 58.9 Å². The van der Waals surface area contributed by atoms with Gasteiger partial charge in [0.05, 0.1) is 6.61 Å². The Balaban J connectivity index is 0.00000225. The SMILES string of the molecule is Cc1cccc(Cn2c(C)c(C)c3ccnc(OCC(C)C)c32)c1.Cl. The zero-order chi connectivity index (χ0) is 17.3. The van der Waals surface area contributed by atoms with Gasteiger partial charge in [-0.1, -0.05) is 43.7 Å². The minimum atomic E-state index is 0. The van der Waals surface area contributed by atoms with Crippen LogP contribution in [-0.4, -0.2) is 16.2 Å². The number of fused-ring (bicyclic) bond motifs is 1. The second-order valence-electron chi connectivity index (χ2n) is 7.00. The van der Waals surface area contributed by atoms with Crippen LogP contribution < -0.4 is 4.74 Å². The molecule has 0 bridgehead atoms. The Morgan fingerprint density at radius 3 is 2.56 bits per heavy atom. The van der Waals surface area contributed by atoms with Gasteiger partial charge >= 0.3 is 0 Å². The van der Waals surface area contributed by atoms with Crippen LogP contribution in [0.15, 0.2) is 36.5 Å². The molecule has 2 heterocycles. The van der Waals surface area contributed by atoms with Crippen molar-refractivity contribution in [2.45, 2.75) is 41.2 Å². The van der Waals surface area contributed by atoms with Crippen LogP contribution in [0.5, 0.6) is 5.88 Å². The first kappa shape index (κ1) is 19.3. The largest absolute Gasteiger partial charge is 0.476 e. The van der Waals surface area contributed by atoms with E-state index in [0.29, 0.717) is 12.5 Å². The summed E-state index contributed by atoms with van der Waals surface area (Å²) >= 11 is 0. The Kier molecular flexibility index (Phi) is 6.12. The summed E-state index contributed by atoms with van der Waals surface area (Å²) in [6, 6.07) is 10.8. The summed E-state index contributed by atoms with van der Waals surface area (Å²) in [5.74, 6) is 1.22. The molecule has 25 heavy (non-hydrogen) atoms. The fraction of sp³-hybridized carbons (Fsp3) is 0.381. The average molecular weight is 359 g/mol. The molecule has 3 rings (SSSR count). The second kappa shape index (κ2) is 7.92. The molecule has 0 amide bonds. The van der Waals surface area contributed by atoms with Crippen LogP contribution in [0.1, 0.15) is 36.2 Å². The Morgan fingerprint density at radius 1 is 1.12 bits per heavy atom. The normalized spacial score (nSPS) is 11.0. The number of rotatable bonds is 5. The van der Waals surface area contributed by atoms with Crippen molar-refractivity contribution in [1.29, 1.82) is 0 Å². The lowest BCUT2D eigenvalue weighted by molar-refractivity contribution is 0.263. The van der Waals surface area contributed by atoms with E-state index >= 15 is 0 Å². The lowest BCUT2D eigenvalue weighted by Gasteiger charge is -2.13. The van der Waals surface area contributed by atoms with Crippen molar-refractivity contribution in [1.82, 2.24) is 9.55 Å². The van der Waals surface area contributed by atoms with Gasteiger partial charge in [-0.05, 0) is 43.9 Å². The number of hydrogen-bond donors (Lipinski definition) is 0. The first-order valence-corrected chi connectivity index (χ1v) is 8.60. The zero-order valence-electron chi connectivity index (χ0n) is 15.7. The summed E-state index contributed by atoms with van der Waals surface area (Å²) in [5, 5.41) is 1.23. The summed E-state index contributed by atoms with van der Waals surface area (Å²) in [4.78, 5) is 4.51. The highest BCUT2D eigenvalue weighted by Gasteiger charge is 2.16. The molecule has 0 radical (unpaired) electrons. The number of benzene rings is 1. The van der Waals surface area contributed by atoms with E-state index in [0.717, 1.165) is 17.9 Å². The van der Waals surface area contributed by atoms with E-state index in [1.54, 1.807) is 0 Å². The topological polar surface area (TPSA) is 27.1 Å². The van der Waals surface area contributed by atoms with Gasteiger partial charge in [-0.3, -0.25) is 0 Å². The molecule has 3 aromatic rings. The lowest BCUT2D eigenvalue weighted by Crippen LogP contribution is -2.08. The van der Waals surface area contributed by atoms with Gasteiger partial charge in [-0.2, -0.15) is 0 Å². The third-order valence-electron chi connectivity index (χ3n) is 4.49. The maximum absolute atomic E-state index is 6.02. The third kappa shape index (κ3) is 3.98. The molecular weight excluding hydrogens is 332 g/mol. The fourth-order valence-electron chi connectivity index (χ4n) is 3.11. The predicted molar refractivity (Wildman–Crippen MR) is 107 cm³/mol. The Bertz CT molecular complexity index is 868. The standard InChI is InChI=1S/C21H26N2O.ClH/c1-14(2)13-24-21-20-19(9-10-22-21)16(4)17(5)23(20)12-18-8-6-7-15(3)11-18;/h6-11,14H,12-13H2,1-5H3;1H. The summed E-state index contributed by atoms with van der Waals surface area (Å²) in [6.07, 6.45) is 1.85. The van der Waals surface area contributed by atoms with Gasteiger partial charge in [-0.15, -0.1) is 12.4 Å². The van der Waals surface area contributed by atoms with Crippen molar-refractivity contribution in [2.75, 3.05) is 6.61 Å². The van der Waals surface area contributed by atoms with Crippen LogP contribution in [0.3, 0.4) is 0 Å². The van der Waals surface area contributed by atoms with Gasteiger partial charge in [0.2, 0.25) is 5.88 Å². The zero-order valence-corrected chi connectivity index (χ0v) is 16.5. The minimum absolute atomic E-state index is 0. The van der Waals surface area contributed by atoms with Crippen LogP contribution in [0.25, 0.3) is 10.9 Å². The van der Waals surface area contributed by atoms with E-state index in [9.17, 15) is 0 Å². The number of aryl methyl sites for hydroxylation is 2. The number of aromatic nitrogens is 2. The Labute approximate surface area is 156 Å². The molecule has 0 aliphatic rings. The molecule has 0 spiro atoms. The summed E-state index contributed by atoms with van der Waals surface area (Å²) in [5.41, 5.74) is 6.26. The molecule has 134 valence electrons. The van der Waals surface area contributed by atoms with Gasteiger partial charge in [0, 0.05) is 23.8 Å². The molecule has 0 aliphatic heterocycles. The Morgan fingerprint density at radius 2 is 1.88 bits per heavy atom. The molecule has 3 nitrogen and oxygen atoms in total. The number of hydrogen-bond acceptors (Lipinski definition) is 2. The summed E-state index contributed by atoms with van der Waals surface area (Å²) < 4.78 is 8.35. The number of halogens is 1. The second-order valence-corrected chi connectivity index (χ2v) is 7.00. The first-order valence-electron chi connectivity index (χ1n) is 8.60. The molecule has 2 aromatic heterocycles. The number of nitrogens with zero attached hydrogens (tertiary/aromatic N) is 2. The van der Waals surface area contributed by atoms with Crippen molar-refractivity contribution < 1.29 is 4.74 Å². The number of ether oxygens (including phenoxy) is 1. The van der Waals surface area contributed by atoms with E-state index < -0.39 is 0 Å². The third-order valence-corrected chi connectivity index (χ3v) is 4.49. The quantitative estimate of drug-likeness (QED) is 0.605. The minimum Gasteiger partial charge on any atom is -0.476 e. The molecule has 4 heteroatoms. The van der Waals surface area contributed by atoms with Crippen molar-refractivity contribution in [2.24, 2.45) is 5.92 Å². The molecule has 0 aliphatic carbocycles. The number of pyridine rings is 1.